The molecule has 2 atom stereocenters. The number of nitrogens with two attached hydrogens (primary N) is 1. The topological polar surface area (TPSA) is 68.0 Å². The molecule has 1 aromatic rings. The van der Waals surface area contributed by atoms with Gasteiger partial charge in [0.2, 0.25) is 5.91 Å². The van der Waals surface area contributed by atoms with Gasteiger partial charge in [-0.3, -0.25) is 4.79 Å². The summed E-state index contributed by atoms with van der Waals surface area (Å²) in [6, 6.07) is 0.193. The van der Waals surface area contributed by atoms with Crippen LogP contribution in [-0.2, 0) is 10.3 Å². The molecule has 0 saturated heterocycles. The highest BCUT2D eigenvalue weighted by atomic mass is 32.1. The average Bonchev–Trinajstić information content (AvgIpc) is 3.10. The van der Waals surface area contributed by atoms with Crippen LogP contribution in [-0.4, -0.2) is 16.9 Å². The van der Waals surface area contributed by atoms with E-state index in [0.717, 1.165) is 43.5 Å². The molecule has 2 aliphatic carbocycles. The number of nitrogens with zero attached hydrogens (tertiary/aromatic N) is 1. The Labute approximate surface area is 124 Å². The number of aromatic nitrogens is 1. The Balaban J connectivity index is 1.72. The summed E-state index contributed by atoms with van der Waals surface area (Å²) in [5.74, 6) is 0.286. The number of nitrogens with one attached hydrogen (secondary N) is 1. The molecule has 20 heavy (non-hydrogen) atoms. The first-order valence-electron chi connectivity index (χ1n) is 7.67. The number of hydrogen-bond donors (Lipinski definition) is 2. The average molecular weight is 293 g/mol. The van der Waals surface area contributed by atoms with Crippen molar-refractivity contribution < 1.29 is 4.79 Å². The number of thiazole rings is 1. The van der Waals surface area contributed by atoms with Crippen molar-refractivity contribution in [2.24, 2.45) is 11.7 Å². The minimum Gasteiger partial charge on any atom is -0.344 e. The zero-order chi connectivity index (χ0) is 14.0. The molecule has 0 aromatic carbocycles. The van der Waals surface area contributed by atoms with E-state index >= 15 is 0 Å². The van der Waals surface area contributed by atoms with Crippen LogP contribution < -0.4 is 11.1 Å². The fraction of sp³-hybridized carbons (Fsp3) is 0.733. The van der Waals surface area contributed by atoms with Crippen molar-refractivity contribution in [1.82, 2.24) is 10.3 Å². The first-order chi connectivity index (χ1) is 9.70. The molecule has 1 aromatic heterocycles. The monoisotopic (exact) mass is 293 g/mol. The number of amides is 1. The van der Waals surface area contributed by atoms with Gasteiger partial charge in [-0.05, 0) is 32.1 Å². The number of hydrogen-bond acceptors (Lipinski definition) is 4. The van der Waals surface area contributed by atoms with E-state index in [1.807, 2.05) is 11.6 Å². The lowest BCUT2D eigenvalue weighted by Crippen LogP contribution is -2.48. The highest BCUT2D eigenvalue weighted by molar-refractivity contribution is 7.09. The van der Waals surface area contributed by atoms with Gasteiger partial charge in [-0.1, -0.05) is 19.3 Å². The molecule has 110 valence electrons. The third kappa shape index (κ3) is 2.74. The molecule has 0 spiro atoms. The van der Waals surface area contributed by atoms with Crippen molar-refractivity contribution in [2.75, 3.05) is 0 Å². The zero-order valence-electron chi connectivity index (χ0n) is 11.8. The molecule has 2 unspecified atom stereocenters. The van der Waals surface area contributed by atoms with Gasteiger partial charge in [-0.2, -0.15) is 0 Å². The molecule has 3 N–H and O–H groups in total. The van der Waals surface area contributed by atoms with Crippen molar-refractivity contribution in [3.05, 3.63) is 16.6 Å². The van der Waals surface area contributed by atoms with Crippen LogP contribution in [0.15, 0.2) is 11.6 Å². The highest BCUT2D eigenvalue weighted by Gasteiger charge is 2.40. The maximum atomic E-state index is 12.6. The number of rotatable bonds is 3. The van der Waals surface area contributed by atoms with Crippen molar-refractivity contribution >= 4 is 17.2 Å². The lowest BCUT2D eigenvalue weighted by Gasteiger charge is -2.32. The Morgan fingerprint density at radius 3 is 2.80 bits per heavy atom. The molecule has 2 fully saturated rings. The van der Waals surface area contributed by atoms with E-state index in [-0.39, 0.29) is 23.4 Å². The van der Waals surface area contributed by atoms with E-state index in [0.29, 0.717) is 0 Å². The summed E-state index contributed by atoms with van der Waals surface area (Å²) >= 11 is 1.66. The highest BCUT2D eigenvalue weighted by Crippen LogP contribution is 2.40. The van der Waals surface area contributed by atoms with Crippen molar-refractivity contribution in [2.45, 2.75) is 62.9 Å². The van der Waals surface area contributed by atoms with Crippen LogP contribution in [0, 0.1) is 5.92 Å². The van der Waals surface area contributed by atoms with E-state index in [1.54, 1.807) is 11.3 Å². The van der Waals surface area contributed by atoms with E-state index in [9.17, 15) is 4.79 Å². The summed E-state index contributed by atoms with van der Waals surface area (Å²) in [6.45, 7) is 0. The summed E-state index contributed by atoms with van der Waals surface area (Å²) in [5, 5.41) is 6.41. The standard InChI is InChI=1S/C15H23N3OS/c16-12-5-3-4-11(10-12)13(19)18-15(6-1-2-7-15)14-17-8-9-20-14/h8-9,11-12H,1-7,10,16H2,(H,18,19). The Morgan fingerprint density at radius 2 is 2.15 bits per heavy atom. The number of carbonyl (C=O) groups is 1. The molecule has 2 saturated carbocycles. The third-order valence-corrected chi connectivity index (χ3v) is 5.72. The lowest BCUT2D eigenvalue weighted by molar-refractivity contribution is -0.128. The van der Waals surface area contributed by atoms with Gasteiger partial charge in [0.1, 0.15) is 5.01 Å². The van der Waals surface area contributed by atoms with Gasteiger partial charge in [-0.15, -0.1) is 11.3 Å². The van der Waals surface area contributed by atoms with Gasteiger partial charge < -0.3 is 11.1 Å². The molecule has 2 aliphatic rings. The summed E-state index contributed by atoms with van der Waals surface area (Å²) in [7, 11) is 0. The molecule has 3 rings (SSSR count). The second-order valence-corrected chi connectivity index (χ2v) is 7.13. The van der Waals surface area contributed by atoms with Gasteiger partial charge in [0.25, 0.3) is 0 Å². The van der Waals surface area contributed by atoms with Crippen LogP contribution in [0.1, 0.15) is 56.4 Å². The van der Waals surface area contributed by atoms with Crippen molar-refractivity contribution in [1.29, 1.82) is 0 Å². The van der Waals surface area contributed by atoms with Crippen LogP contribution in [0.25, 0.3) is 0 Å². The quantitative estimate of drug-likeness (QED) is 0.900. The largest absolute Gasteiger partial charge is 0.344 e. The SMILES string of the molecule is NC1CCCC(C(=O)NC2(c3nccs3)CCCC2)C1. The van der Waals surface area contributed by atoms with Crippen LogP contribution in [0.5, 0.6) is 0 Å². The zero-order valence-corrected chi connectivity index (χ0v) is 12.6. The van der Waals surface area contributed by atoms with E-state index in [4.69, 9.17) is 5.73 Å². The fourth-order valence-corrected chi connectivity index (χ4v) is 4.49. The molecule has 1 amide bonds. The van der Waals surface area contributed by atoms with E-state index in [2.05, 4.69) is 10.3 Å². The summed E-state index contributed by atoms with van der Waals surface area (Å²) in [5.41, 5.74) is 5.81. The molecule has 5 heteroatoms. The lowest BCUT2D eigenvalue weighted by atomic mass is 9.84. The molecular weight excluding hydrogens is 270 g/mol. The van der Waals surface area contributed by atoms with Crippen LogP contribution in [0.2, 0.25) is 0 Å². The third-order valence-electron chi connectivity index (χ3n) is 4.75. The molecule has 0 radical (unpaired) electrons. The van der Waals surface area contributed by atoms with Gasteiger partial charge >= 0.3 is 0 Å². The fourth-order valence-electron chi connectivity index (χ4n) is 3.63. The molecule has 0 bridgehead atoms. The first-order valence-corrected chi connectivity index (χ1v) is 8.55. The predicted molar refractivity (Wildman–Crippen MR) is 80.3 cm³/mol. The van der Waals surface area contributed by atoms with Crippen molar-refractivity contribution in [3.63, 3.8) is 0 Å². The van der Waals surface area contributed by atoms with E-state index < -0.39 is 0 Å². The first kappa shape index (κ1) is 14.0. The van der Waals surface area contributed by atoms with Gasteiger partial charge in [-0.25, -0.2) is 4.98 Å². The normalized spacial score (nSPS) is 29.2. The smallest absolute Gasteiger partial charge is 0.223 e. The summed E-state index contributed by atoms with van der Waals surface area (Å²) in [6.07, 6.45) is 10.2. The summed E-state index contributed by atoms with van der Waals surface area (Å²) < 4.78 is 0. The van der Waals surface area contributed by atoms with Crippen LogP contribution >= 0.6 is 11.3 Å². The second kappa shape index (κ2) is 5.82. The molecule has 0 aliphatic heterocycles. The summed E-state index contributed by atoms with van der Waals surface area (Å²) in [4.78, 5) is 17.1. The van der Waals surface area contributed by atoms with Crippen molar-refractivity contribution in [3.8, 4) is 0 Å². The Bertz CT molecular complexity index is 454. The van der Waals surface area contributed by atoms with Crippen LogP contribution in [0.3, 0.4) is 0 Å². The van der Waals surface area contributed by atoms with E-state index in [1.165, 1.54) is 12.8 Å². The molecule has 4 nitrogen and oxygen atoms in total. The minimum absolute atomic E-state index is 0.0937. The minimum atomic E-state index is -0.202. The Morgan fingerprint density at radius 1 is 1.35 bits per heavy atom. The number of carbonyl (C=O) groups excluding carboxylic acids is 1. The molecular formula is C15H23N3OS. The Hall–Kier alpha value is -0.940. The van der Waals surface area contributed by atoms with Gasteiger partial charge in [0.15, 0.2) is 0 Å². The van der Waals surface area contributed by atoms with Crippen LogP contribution in [0.4, 0.5) is 0 Å². The maximum absolute atomic E-state index is 12.6. The van der Waals surface area contributed by atoms with Gasteiger partial charge in [0, 0.05) is 23.5 Å². The molecule has 1 heterocycles. The maximum Gasteiger partial charge on any atom is 0.223 e. The Kier molecular flexibility index (Phi) is 4.08. The predicted octanol–water partition coefficient (Wildman–Crippen LogP) is 2.55. The van der Waals surface area contributed by atoms with Gasteiger partial charge in [0.05, 0.1) is 5.54 Å². The second-order valence-electron chi connectivity index (χ2n) is 6.24.